The summed E-state index contributed by atoms with van der Waals surface area (Å²) in [7, 11) is 0. The van der Waals surface area contributed by atoms with E-state index < -0.39 is 0 Å². The number of benzene rings is 1. The Morgan fingerprint density at radius 2 is 2.08 bits per heavy atom. The SMILES string of the molecule is CC.CCc1ccc2c(c1)CCN2. The van der Waals surface area contributed by atoms with Crippen LogP contribution in [0.5, 0.6) is 0 Å². The lowest BCUT2D eigenvalue weighted by atomic mass is 10.1. The van der Waals surface area contributed by atoms with Crippen molar-refractivity contribution in [3.63, 3.8) is 0 Å². The van der Waals surface area contributed by atoms with Crippen LogP contribution in [0.15, 0.2) is 18.2 Å². The lowest BCUT2D eigenvalue weighted by Crippen LogP contribution is -1.90. The van der Waals surface area contributed by atoms with Crippen molar-refractivity contribution >= 4 is 5.69 Å². The average molecular weight is 177 g/mol. The highest BCUT2D eigenvalue weighted by atomic mass is 14.9. The minimum atomic E-state index is 1.11. The number of anilines is 1. The molecule has 0 spiro atoms. The van der Waals surface area contributed by atoms with Gasteiger partial charge in [0.05, 0.1) is 0 Å². The third-order valence-electron chi connectivity index (χ3n) is 2.29. The summed E-state index contributed by atoms with van der Waals surface area (Å²) in [6, 6.07) is 6.72. The Hall–Kier alpha value is -0.980. The second-order valence-electron chi connectivity index (χ2n) is 3.02. The van der Waals surface area contributed by atoms with E-state index in [1.807, 2.05) is 13.8 Å². The molecule has 0 fully saturated rings. The maximum absolute atomic E-state index is 3.35. The third kappa shape index (κ3) is 2.24. The van der Waals surface area contributed by atoms with Crippen LogP contribution in [0.25, 0.3) is 0 Å². The molecule has 0 saturated heterocycles. The van der Waals surface area contributed by atoms with Crippen LogP contribution in [0.4, 0.5) is 5.69 Å². The van der Waals surface area contributed by atoms with Crippen molar-refractivity contribution < 1.29 is 0 Å². The van der Waals surface area contributed by atoms with Crippen molar-refractivity contribution in [1.82, 2.24) is 0 Å². The lowest BCUT2D eigenvalue weighted by Gasteiger charge is -2.01. The quantitative estimate of drug-likeness (QED) is 0.694. The van der Waals surface area contributed by atoms with Gasteiger partial charge in [0.25, 0.3) is 0 Å². The van der Waals surface area contributed by atoms with E-state index in [9.17, 15) is 0 Å². The molecule has 1 aliphatic rings. The number of hydrogen-bond acceptors (Lipinski definition) is 1. The van der Waals surface area contributed by atoms with Crippen molar-refractivity contribution in [3.05, 3.63) is 29.3 Å². The second-order valence-corrected chi connectivity index (χ2v) is 3.02. The molecular weight excluding hydrogens is 158 g/mol. The molecule has 0 radical (unpaired) electrons. The van der Waals surface area contributed by atoms with E-state index >= 15 is 0 Å². The van der Waals surface area contributed by atoms with Crippen LogP contribution in [0.1, 0.15) is 31.9 Å². The molecule has 0 aromatic heterocycles. The molecule has 0 aliphatic carbocycles. The minimum Gasteiger partial charge on any atom is -0.384 e. The van der Waals surface area contributed by atoms with E-state index in [4.69, 9.17) is 0 Å². The third-order valence-corrected chi connectivity index (χ3v) is 2.29. The normalized spacial score (nSPS) is 12.5. The van der Waals surface area contributed by atoms with Crippen molar-refractivity contribution in [1.29, 1.82) is 0 Å². The Balaban J connectivity index is 0.000000396. The van der Waals surface area contributed by atoms with Gasteiger partial charge in [0, 0.05) is 12.2 Å². The van der Waals surface area contributed by atoms with Crippen LogP contribution in [0.3, 0.4) is 0 Å². The van der Waals surface area contributed by atoms with Crippen molar-refractivity contribution in [3.8, 4) is 0 Å². The fraction of sp³-hybridized carbons (Fsp3) is 0.500. The number of nitrogens with one attached hydrogen (secondary N) is 1. The fourth-order valence-electron chi connectivity index (χ4n) is 1.58. The lowest BCUT2D eigenvalue weighted by molar-refractivity contribution is 1.09. The molecular formula is C12H19N. The maximum atomic E-state index is 3.35. The molecule has 0 atom stereocenters. The number of rotatable bonds is 1. The summed E-state index contributed by atoms with van der Waals surface area (Å²) in [5, 5.41) is 3.35. The molecule has 1 N–H and O–H groups in total. The summed E-state index contributed by atoms with van der Waals surface area (Å²) >= 11 is 0. The van der Waals surface area contributed by atoms with Crippen molar-refractivity contribution in [2.24, 2.45) is 0 Å². The zero-order chi connectivity index (χ0) is 9.68. The number of fused-ring (bicyclic) bond motifs is 1. The summed E-state index contributed by atoms with van der Waals surface area (Å²) < 4.78 is 0. The van der Waals surface area contributed by atoms with Gasteiger partial charge in [-0.3, -0.25) is 0 Å². The summed E-state index contributed by atoms with van der Waals surface area (Å²) in [5.41, 5.74) is 4.28. The molecule has 1 aliphatic heterocycles. The molecule has 1 heteroatoms. The average Bonchev–Trinajstić information content (AvgIpc) is 2.67. The van der Waals surface area contributed by atoms with E-state index in [0.29, 0.717) is 0 Å². The number of hydrogen-bond donors (Lipinski definition) is 1. The van der Waals surface area contributed by atoms with E-state index in [1.165, 1.54) is 23.2 Å². The first-order valence-corrected chi connectivity index (χ1v) is 5.26. The van der Waals surface area contributed by atoms with E-state index in [-0.39, 0.29) is 0 Å². The predicted molar refractivity (Wildman–Crippen MR) is 59.4 cm³/mol. The van der Waals surface area contributed by atoms with Gasteiger partial charge in [-0.1, -0.05) is 32.9 Å². The molecule has 1 nitrogen and oxygen atoms in total. The highest BCUT2D eigenvalue weighted by Crippen LogP contribution is 2.22. The first kappa shape index (κ1) is 10.1. The molecule has 0 saturated carbocycles. The standard InChI is InChI=1S/C10H13N.C2H6/c1-2-8-3-4-10-9(7-8)5-6-11-10;1-2/h3-4,7,11H,2,5-6H2,1H3;1-2H3. The molecule has 0 amide bonds. The second kappa shape index (κ2) is 4.90. The van der Waals surface area contributed by atoms with Gasteiger partial charge in [-0.15, -0.1) is 0 Å². The van der Waals surface area contributed by atoms with E-state index in [0.717, 1.165) is 13.0 Å². The molecule has 1 heterocycles. The van der Waals surface area contributed by atoms with Crippen LogP contribution in [-0.2, 0) is 12.8 Å². The van der Waals surface area contributed by atoms with Crippen molar-refractivity contribution in [2.45, 2.75) is 33.6 Å². The Kier molecular flexibility index (Phi) is 3.81. The molecule has 0 bridgehead atoms. The Morgan fingerprint density at radius 1 is 1.31 bits per heavy atom. The summed E-state index contributed by atoms with van der Waals surface area (Å²) in [6.45, 7) is 7.31. The molecule has 1 aromatic carbocycles. The molecule has 13 heavy (non-hydrogen) atoms. The van der Waals surface area contributed by atoms with Gasteiger partial charge >= 0.3 is 0 Å². The first-order chi connectivity index (χ1) is 6.40. The molecule has 72 valence electrons. The summed E-state index contributed by atoms with van der Waals surface area (Å²) in [4.78, 5) is 0. The highest BCUT2D eigenvalue weighted by molar-refractivity contribution is 5.56. The Labute approximate surface area is 81.2 Å². The zero-order valence-corrected chi connectivity index (χ0v) is 8.85. The van der Waals surface area contributed by atoms with Crippen LogP contribution >= 0.6 is 0 Å². The Morgan fingerprint density at radius 3 is 2.77 bits per heavy atom. The molecule has 1 aromatic rings. The van der Waals surface area contributed by atoms with Crippen LogP contribution in [-0.4, -0.2) is 6.54 Å². The maximum Gasteiger partial charge on any atom is 0.0373 e. The van der Waals surface area contributed by atoms with Crippen molar-refractivity contribution in [2.75, 3.05) is 11.9 Å². The van der Waals surface area contributed by atoms with Gasteiger partial charge < -0.3 is 5.32 Å². The predicted octanol–water partition coefficient (Wildman–Crippen LogP) is 3.24. The van der Waals surface area contributed by atoms with Gasteiger partial charge in [-0.2, -0.15) is 0 Å². The van der Waals surface area contributed by atoms with Gasteiger partial charge in [0.15, 0.2) is 0 Å². The fourth-order valence-corrected chi connectivity index (χ4v) is 1.58. The monoisotopic (exact) mass is 177 g/mol. The van der Waals surface area contributed by atoms with Gasteiger partial charge in [-0.05, 0) is 30.0 Å². The largest absolute Gasteiger partial charge is 0.384 e. The first-order valence-electron chi connectivity index (χ1n) is 5.26. The zero-order valence-electron chi connectivity index (χ0n) is 8.85. The highest BCUT2D eigenvalue weighted by Gasteiger charge is 2.08. The molecule has 0 unspecified atom stereocenters. The van der Waals surface area contributed by atoms with Crippen LogP contribution in [0, 0.1) is 0 Å². The smallest absolute Gasteiger partial charge is 0.0373 e. The van der Waals surface area contributed by atoms with Gasteiger partial charge in [-0.25, -0.2) is 0 Å². The van der Waals surface area contributed by atoms with E-state index in [2.05, 4.69) is 30.4 Å². The molecule has 2 rings (SSSR count). The van der Waals surface area contributed by atoms with E-state index in [1.54, 1.807) is 0 Å². The number of aryl methyl sites for hydroxylation is 1. The van der Waals surface area contributed by atoms with Crippen LogP contribution in [0.2, 0.25) is 0 Å². The van der Waals surface area contributed by atoms with Gasteiger partial charge in [0.2, 0.25) is 0 Å². The van der Waals surface area contributed by atoms with Gasteiger partial charge in [0.1, 0.15) is 0 Å². The Bertz CT molecular complexity index is 266. The minimum absolute atomic E-state index is 1.11. The van der Waals surface area contributed by atoms with Crippen LogP contribution < -0.4 is 5.32 Å². The topological polar surface area (TPSA) is 12.0 Å². The summed E-state index contributed by atoms with van der Waals surface area (Å²) in [6.07, 6.45) is 2.34. The summed E-state index contributed by atoms with van der Waals surface area (Å²) in [5.74, 6) is 0.